The molecule has 0 saturated carbocycles. The molecule has 0 saturated heterocycles. The van der Waals surface area contributed by atoms with Gasteiger partial charge < -0.3 is 5.11 Å². The van der Waals surface area contributed by atoms with E-state index in [9.17, 15) is 9.50 Å². The molecule has 0 spiro atoms. The summed E-state index contributed by atoms with van der Waals surface area (Å²) in [5.74, 6) is -0.321. The molecule has 0 aliphatic carbocycles. The van der Waals surface area contributed by atoms with E-state index in [0.717, 1.165) is 17.5 Å². The van der Waals surface area contributed by atoms with Gasteiger partial charge in [-0.25, -0.2) is 4.39 Å². The van der Waals surface area contributed by atoms with E-state index in [1.165, 1.54) is 17.7 Å². The second kappa shape index (κ2) is 5.98. The molecule has 0 aliphatic rings. The summed E-state index contributed by atoms with van der Waals surface area (Å²) < 4.78 is 13.4. The van der Waals surface area contributed by atoms with Crippen LogP contribution in [0, 0.1) is 12.7 Å². The fourth-order valence-electron chi connectivity index (χ4n) is 2.41. The number of rotatable bonds is 4. The first-order chi connectivity index (χ1) is 9.85. The maximum Gasteiger partial charge on any atom is 0.123 e. The maximum absolute atomic E-state index is 13.4. The van der Waals surface area contributed by atoms with Gasteiger partial charge >= 0.3 is 0 Å². The number of aryl methyl sites for hydroxylation is 1. The molecule has 1 nitrogen and oxygen atoms in total. The second-order valence-electron chi connectivity index (χ2n) is 6.26. The van der Waals surface area contributed by atoms with E-state index in [2.05, 4.69) is 32.9 Å². The maximum atomic E-state index is 13.4. The van der Waals surface area contributed by atoms with Crippen molar-refractivity contribution in [3.63, 3.8) is 0 Å². The van der Waals surface area contributed by atoms with Crippen molar-refractivity contribution in [1.29, 1.82) is 0 Å². The van der Waals surface area contributed by atoms with Gasteiger partial charge in [-0.2, -0.15) is 0 Å². The van der Waals surface area contributed by atoms with E-state index in [1.807, 2.05) is 19.1 Å². The largest absolute Gasteiger partial charge is 0.384 e. The molecule has 0 amide bonds. The highest BCUT2D eigenvalue weighted by Crippen LogP contribution is 2.30. The summed E-state index contributed by atoms with van der Waals surface area (Å²) in [6.07, 6.45) is 0.261. The number of aliphatic hydroxyl groups excluding tert-OH is 1. The number of benzene rings is 2. The van der Waals surface area contributed by atoms with E-state index in [1.54, 1.807) is 6.07 Å². The minimum absolute atomic E-state index is 0.123. The average molecular weight is 286 g/mol. The molecule has 0 fully saturated rings. The molecule has 1 unspecified atom stereocenters. The molecule has 0 radical (unpaired) electrons. The van der Waals surface area contributed by atoms with Crippen LogP contribution in [-0.4, -0.2) is 5.11 Å². The zero-order chi connectivity index (χ0) is 15.6. The van der Waals surface area contributed by atoms with E-state index in [4.69, 9.17) is 0 Å². The van der Waals surface area contributed by atoms with Crippen molar-refractivity contribution in [1.82, 2.24) is 0 Å². The van der Waals surface area contributed by atoms with Gasteiger partial charge in [-0.3, -0.25) is 0 Å². The molecule has 0 aliphatic heterocycles. The third-order valence-corrected chi connectivity index (χ3v) is 4.43. The standard InChI is InChI=1S/C19H23FO/c1-5-19(3,4)15-9-7-14(8-10-15)18(21)17-12-16(20)11-6-13(17)2/h6-12,18,21H,5H2,1-4H3. The Kier molecular flexibility index (Phi) is 4.48. The van der Waals surface area contributed by atoms with Crippen LogP contribution < -0.4 is 0 Å². The Morgan fingerprint density at radius 1 is 1.10 bits per heavy atom. The quantitative estimate of drug-likeness (QED) is 0.847. The Balaban J connectivity index is 2.32. The topological polar surface area (TPSA) is 20.2 Å². The highest BCUT2D eigenvalue weighted by molar-refractivity contribution is 5.37. The van der Waals surface area contributed by atoms with Crippen LogP contribution in [0.1, 0.15) is 55.5 Å². The number of halogens is 1. The summed E-state index contributed by atoms with van der Waals surface area (Å²) in [4.78, 5) is 0. The highest BCUT2D eigenvalue weighted by Gasteiger charge is 2.19. The van der Waals surface area contributed by atoms with Gasteiger partial charge in [0.25, 0.3) is 0 Å². The van der Waals surface area contributed by atoms with Gasteiger partial charge in [0, 0.05) is 0 Å². The molecular formula is C19H23FO. The van der Waals surface area contributed by atoms with E-state index >= 15 is 0 Å². The van der Waals surface area contributed by atoms with Crippen LogP contribution in [0.15, 0.2) is 42.5 Å². The summed E-state index contributed by atoms with van der Waals surface area (Å²) in [6.45, 7) is 8.45. The predicted octanol–water partition coefficient (Wildman–Crippen LogP) is 4.90. The summed E-state index contributed by atoms with van der Waals surface area (Å²) in [5.41, 5.74) is 3.67. The van der Waals surface area contributed by atoms with Gasteiger partial charge in [0.15, 0.2) is 0 Å². The van der Waals surface area contributed by atoms with Gasteiger partial charge in [-0.05, 0) is 53.1 Å². The fraction of sp³-hybridized carbons (Fsp3) is 0.368. The van der Waals surface area contributed by atoms with Gasteiger partial charge in [-0.15, -0.1) is 0 Å². The van der Waals surface area contributed by atoms with Crippen LogP contribution >= 0.6 is 0 Å². The first kappa shape index (κ1) is 15.7. The van der Waals surface area contributed by atoms with E-state index in [-0.39, 0.29) is 11.2 Å². The smallest absolute Gasteiger partial charge is 0.123 e. The minimum atomic E-state index is -0.792. The number of hydrogen-bond donors (Lipinski definition) is 1. The van der Waals surface area contributed by atoms with E-state index < -0.39 is 6.10 Å². The summed E-state index contributed by atoms with van der Waals surface area (Å²) in [5, 5.41) is 10.5. The molecule has 0 aromatic heterocycles. The van der Waals surface area contributed by atoms with Gasteiger partial charge in [0.1, 0.15) is 11.9 Å². The third-order valence-electron chi connectivity index (χ3n) is 4.43. The molecule has 0 bridgehead atoms. The molecule has 2 heteroatoms. The van der Waals surface area contributed by atoms with Crippen molar-refractivity contribution in [2.24, 2.45) is 0 Å². The number of aliphatic hydroxyl groups is 1. The normalized spacial score (nSPS) is 13.2. The van der Waals surface area contributed by atoms with Gasteiger partial charge in [0.05, 0.1) is 0 Å². The van der Waals surface area contributed by atoms with Gasteiger partial charge in [0.2, 0.25) is 0 Å². The van der Waals surface area contributed by atoms with Crippen LogP contribution in [0.3, 0.4) is 0 Å². The van der Waals surface area contributed by atoms with Crippen molar-refractivity contribution >= 4 is 0 Å². The van der Waals surface area contributed by atoms with Crippen LogP contribution in [0.2, 0.25) is 0 Å². The number of hydrogen-bond acceptors (Lipinski definition) is 1. The van der Waals surface area contributed by atoms with E-state index in [0.29, 0.717) is 5.56 Å². The van der Waals surface area contributed by atoms with Crippen LogP contribution in [0.4, 0.5) is 4.39 Å². The lowest BCUT2D eigenvalue weighted by Gasteiger charge is -2.24. The molecule has 0 heterocycles. The van der Waals surface area contributed by atoms with Crippen molar-refractivity contribution in [3.8, 4) is 0 Å². The molecule has 1 N–H and O–H groups in total. The lowest BCUT2D eigenvalue weighted by atomic mass is 9.81. The Hall–Kier alpha value is -1.67. The van der Waals surface area contributed by atoms with Crippen LogP contribution in [0.5, 0.6) is 0 Å². The zero-order valence-corrected chi connectivity index (χ0v) is 13.2. The molecule has 2 rings (SSSR count). The highest BCUT2D eigenvalue weighted by atomic mass is 19.1. The van der Waals surface area contributed by atoms with Gasteiger partial charge in [-0.1, -0.05) is 51.1 Å². The Morgan fingerprint density at radius 3 is 2.29 bits per heavy atom. The Bertz CT molecular complexity index is 614. The van der Waals surface area contributed by atoms with Crippen molar-refractivity contribution in [2.75, 3.05) is 0 Å². The summed E-state index contributed by atoms with van der Waals surface area (Å²) >= 11 is 0. The van der Waals surface area contributed by atoms with Crippen LogP contribution in [0.25, 0.3) is 0 Å². The Labute approximate surface area is 126 Å². The molecule has 112 valence electrons. The average Bonchev–Trinajstić information content (AvgIpc) is 2.49. The fourth-order valence-corrected chi connectivity index (χ4v) is 2.41. The Morgan fingerprint density at radius 2 is 1.71 bits per heavy atom. The molecular weight excluding hydrogens is 263 g/mol. The molecule has 21 heavy (non-hydrogen) atoms. The third kappa shape index (κ3) is 3.33. The SMILES string of the molecule is CCC(C)(C)c1ccc(C(O)c2cc(F)ccc2C)cc1. The molecule has 2 aromatic rings. The van der Waals surface area contributed by atoms with Crippen molar-refractivity contribution in [3.05, 3.63) is 70.5 Å². The first-order valence-electron chi connectivity index (χ1n) is 7.39. The monoisotopic (exact) mass is 286 g/mol. The molecule has 2 aromatic carbocycles. The minimum Gasteiger partial charge on any atom is -0.384 e. The predicted molar refractivity (Wildman–Crippen MR) is 85.0 cm³/mol. The second-order valence-corrected chi connectivity index (χ2v) is 6.26. The molecule has 1 atom stereocenters. The zero-order valence-electron chi connectivity index (χ0n) is 13.2. The lowest BCUT2D eigenvalue weighted by Crippen LogP contribution is -2.15. The van der Waals surface area contributed by atoms with Crippen molar-refractivity contribution in [2.45, 2.75) is 45.6 Å². The summed E-state index contributed by atoms with van der Waals surface area (Å²) in [7, 11) is 0. The first-order valence-corrected chi connectivity index (χ1v) is 7.39. The van der Waals surface area contributed by atoms with Crippen LogP contribution in [-0.2, 0) is 5.41 Å². The lowest BCUT2D eigenvalue weighted by molar-refractivity contribution is 0.219. The summed E-state index contributed by atoms with van der Waals surface area (Å²) in [6, 6.07) is 12.5. The van der Waals surface area contributed by atoms with Crippen molar-refractivity contribution < 1.29 is 9.50 Å².